The van der Waals surface area contributed by atoms with Crippen LogP contribution in [0.5, 0.6) is 0 Å². The minimum absolute atomic E-state index is 0.500. The van der Waals surface area contributed by atoms with Gasteiger partial charge in [-0.15, -0.1) is 0 Å². The Morgan fingerprint density at radius 2 is 1.75 bits per heavy atom. The molecule has 0 saturated carbocycles. The molecule has 24 heavy (non-hydrogen) atoms. The van der Waals surface area contributed by atoms with E-state index in [-0.39, 0.29) is 0 Å². The Bertz CT molecular complexity index is 1060. The van der Waals surface area contributed by atoms with Crippen molar-refractivity contribution in [2.75, 3.05) is 0 Å². The van der Waals surface area contributed by atoms with Crippen LogP contribution < -0.4 is 0 Å². The van der Waals surface area contributed by atoms with Gasteiger partial charge in [0.25, 0.3) is 0 Å². The molecule has 0 bridgehead atoms. The molecule has 2 aromatic carbocycles. The highest BCUT2D eigenvalue weighted by Gasteiger charge is 2.15. The number of para-hydroxylation sites is 1. The first-order valence-corrected chi connectivity index (χ1v) is 8.43. The maximum Gasteiger partial charge on any atom is 0.144 e. The number of furan rings is 1. The molecule has 0 aliphatic heterocycles. The zero-order valence-corrected chi connectivity index (χ0v) is 14.6. The van der Waals surface area contributed by atoms with E-state index in [0.29, 0.717) is 5.92 Å². The Labute approximate surface area is 142 Å². The predicted octanol–water partition coefficient (Wildman–Crippen LogP) is 6.39. The number of pyridine rings is 1. The third-order valence-corrected chi connectivity index (χ3v) is 4.66. The molecule has 0 spiro atoms. The third-order valence-electron chi connectivity index (χ3n) is 4.66. The number of hydrogen-bond acceptors (Lipinski definition) is 2. The summed E-state index contributed by atoms with van der Waals surface area (Å²) in [5.41, 5.74) is 7.66. The lowest BCUT2D eigenvalue weighted by molar-refractivity contribution is 0.666. The number of aromatic nitrogens is 1. The topological polar surface area (TPSA) is 26.0 Å². The van der Waals surface area contributed by atoms with Crippen LogP contribution in [0.15, 0.2) is 53.1 Å². The zero-order valence-electron chi connectivity index (χ0n) is 14.6. The summed E-state index contributed by atoms with van der Waals surface area (Å²) in [7, 11) is 0. The summed E-state index contributed by atoms with van der Waals surface area (Å²) in [4.78, 5) is 4.54. The fourth-order valence-corrected chi connectivity index (χ4v) is 3.32. The molecule has 0 N–H and O–H groups in total. The predicted molar refractivity (Wildman–Crippen MR) is 101 cm³/mol. The molecule has 4 rings (SSSR count). The van der Waals surface area contributed by atoms with E-state index in [2.05, 4.69) is 69.1 Å². The van der Waals surface area contributed by atoms with Crippen LogP contribution in [0.4, 0.5) is 0 Å². The molecular formula is C22H21NO. The monoisotopic (exact) mass is 315 g/mol. The van der Waals surface area contributed by atoms with Crippen molar-refractivity contribution in [3.63, 3.8) is 0 Å². The van der Waals surface area contributed by atoms with Gasteiger partial charge in [0, 0.05) is 22.5 Å². The molecule has 120 valence electrons. The van der Waals surface area contributed by atoms with Crippen LogP contribution in [0.25, 0.3) is 33.2 Å². The van der Waals surface area contributed by atoms with Crippen molar-refractivity contribution in [1.82, 2.24) is 4.98 Å². The number of hydrogen-bond donors (Lipinski definition) is 0. The highest BCUT2D eigenvalue weighted by atomic mass is 16.3. The number of fused-ring (bicyclic) bond motifs is 3. The van der Waals surface area contributed by atoms with Gasteiger partial charge in [0.15, 0.2) is 0 Å². The van der Waals surface area contributed by atoms with Gasteiger partial charge in [0.05, 0.1) is 5.69 Å². The lowest BCUT2D eigenvalue weighted by atomic mass is 9.97. The molecule has 0 atom stereocenters. The Morgan fingerprint density at radius 3 is 2.50 bits per heavy atom. The highest BCUT2D eigenvalue weighted by molar-refractivity contribution is 6.10. The van der Waals surface area contributed by atoms with Crippen LogP contribution in [-0.4, -0.2) is 4.98 Å². The van der Waals surface area contributed by atoms with E-state index in [0.717, 1.165) is 27.8 Å². The average Bonchev–Trinajstić information content (AvgIpc) is 2.94. The zero-order chi connectivity index (χ0) is 16.8. The van der Waals surface area contributed by atoms with Crippen LogP contribution in [0.1, 0.15) is 36.5 Å². The number of rotatable bonds is 2. The minimum Gasteiger partial charge on any atom is -0.455 e. The molecular weight excluding hydrogens is 294 g/mol. The number of nitrogens with zero attached hydrogens (tertiary/aromatic N) is 1. The molecule has 0 saturated heterocycles. The van der Waals surface area contributed by atoms with Crippen molar-refractivity contribution >= 4 is 21.9 Å². The summed E-state index contributed by atoms with van der Waals surface area (Å²) >= 11 is 0. The second-order valence-electron chi connectivity index (χ2n) is 6.87. The maximum absolute atomic E-state index is 6.30. The van der Waals surface area contributed by atoms with Gasteiger partial charge >= 0.3 is 0 Å². The molecule has 2 nitrogen and oxygen atoms in total. The lowest BCUT2D eigenvalue weighted by Gasteiger charge is -2.06. The van der Waals surface area contributed by atoms with Gasteiger partial charge in [-0.3, -0.25) is 4.98 Å². The quantitative estimate of drug-likeness (QED) is 0.428. The van der Waals surface area contributed by atoms with Gasteiger partial charge in [0.2, 0.25) is 0 Å². The lowest BCUT2D eigenvalue weighted by Crippen LogP contribution is -1.88. The van der Waals surface area contributed by atoms with E-state index in [9.17, 15) is 0 Å². The summed E-state index contributed by atoms with van der Waals surface area (Å²) in [6, 6.07) is 14.9. The molecule has 0 radical (unpaired) electrons. The third kappa shape index (κ3) is 2.30. The van der Waals surface area contributed by atoms with Crippen LogP contribution in [-0.2, 0) is 0 Å². The summed E-state index contributed by atoms with van der Waals surface area (Å²) < 4.78 is 6.30. The number of benzene rings is 2. The van der Waals surface area contributed by atoms with Crippen LogP contribution in [0.3, 0.4) is 0 Å². The van der Waals surface area contributed by atoms with Gasteiger partial charge < -0.3 is 4.42 Å². The van der Waals surface area contributed by atoms with Gasteiger partial charge in [-0.2, -0.15) is 0 Å². The van der Waals surface area contributed by atoms with Crippen LogP contribution in [0, 0.1) is 13.8 Å². The maximum atomic E-state index is 6.30. The van der Waals surface area contributed by atoms with E-state index in [1.165, 1.54) is 22.1 Å². The SMILES string of the molecule is Cc1ccnc(-c2cccc3c2oc2c(C)cc(C(C)C)cc23)c1. The van der Waals surface area contributed by atoms with E-state index in [4.69, 9.17) is 4.42 Å². The van der Waals surface area contributed by atoms with Crippen molar-refractivity contribution in [3.8, 4) is 11.3 Å². The molecule has 2 heterocycles. The fourth-order valence-electron chi connectivity index (χ4n) is 3.32. The standard InChI is InChI=1S/C22H21NO/c1-13(2)16-11-15(4)21-19(12-16)17-6-5-7-18(22(17)24-21)20-10-14(3)8-9-23-20/h5-13H,1-4H3. The Hall–Kier alpha value is -2.61. The Balaban J connectivity index is 2.07. The van der Waals surface area contributed by atoms with Gasteiger partial charge in [-0.05, 0) is 60.7 Å². The first kappa shape index (κ1) is 14.9. The van der Waals surface area contributed by atoms with Crippen molar-refractivity contribution in [3.05, 3.63) is 65.4 Å². The molecule has 0 aliphatic rings. The molecule has 2 aromatic heterocycles. The summed E-state index contributed by atoms with van der Waals surface area (Å²) in [6.07, 6.45) is 1.86. The number of aryl methyl sites for hydroxylation is 2. The molecule has 2 heteroatoms. The van der Waals surface area contributed by atoms with E-state index in [1.54, 1.807) is 0 Å². The normalized spacial score (nSPS) is 11.7. The smallest absolute Gasteiger partial charge is 0.144 e. The van der Waals surface area contributed by atoms with Gasteiger partial charge in [-0.25, -0.2) is 0 Å². The molecule has 0 amide bonds. The Morgan fingerprint density at radius 1 is 0.917 bits per heavy atom. The van der Waals surface area contributed by atoms with Crippen molar-refractivity contribution in [2.45, 2.75) is 33.6 Å². The van der Waals surface area contributed by atoms with Gasteiger partial charge in [0.1, 0.15) is 11.2 Å². The first-order valence-electron chi connectivity index (χ1n) is 8.43. The van der Waals surface area contributed by atoms with Gasteiger partial charge in [-0.1, -0.05) is 32.0 Å². The van der Waals surface area contributed by atoms with E-state index >= 15 is 0 Å². The minimum atomic E-state index is 0.500. The van der Waals surface area contributed by atoms with Crippen LogP contribution in [0.2, 0.25) is 0 Å². The molecule has 0 unspecified atom stereocenters. The van der Waals surface area contributed by atoms with E-state index in [1.807, 2.05) is 12.3 Å². The highest BCUT2D eigenvalue weighted by Crippen LogP contribution is 2.37. The summed E-state index contributed by atoms with van der Waals surface area (Å²) in [6.45, 7) is 8.67. The Kier molecular flexibility index (Phi) is 3.42. The molecule has 4 aromatic rings. The largest absolute Gasteiger partial charge is 0.455 e. The summed E-state index contributed by atoms with van der Waals surface area (Å²) in [5.74, 6) is 0.500. The fraction of sp³-hybridized carbons (Fsp3) is 0.227. The average molecular weight is 315 g/mol. The van der Waals surface area contributed by atoms with Crippen molar-refractivity contribution in [2.24, 2.45) is 0 Å². The van der Waals surface area contributed by atoms with Crippen LogP contribution >= 0.6 is 0 Å². The molecule has 0 aliphatic carbocycles. The first-order chi connectivity index (χ1) is 11.5. The summed E-state index contributed by atoms with van der Waals surface area (Å²) in [5, 5.41) is 2.36. The molecule has 0 fully saturated rings. The van der Waals surface area contributed by atoms with E-state index < -0.39 is 0 Å². The van der Waals surface area contributed by atoms with Crippen molar-refractivity contribution in [1.29, 1.82) is 0 Å². The van der Waals surface area contributed by atoms with Crippen molar-refractivity contribution < 1.29 is 4.42 Å². The second-order valence-corrected chi connectivity index (χ2v) is 6.87. The second kappa shape index (κ2) is 5.48.